The molecule has 0 aliphatic rings. The van der Waals surface area contributed by atoms with Gasteiger partial charge in [-0.05, 0) is 6.92 Å². The minimum absolute atomic E-state index is 0.244. The molecule has 0 aromatic rings. The molecule has 0 saturated heterocycles. The summed E-state index contributed by atoms with van der Waals surface area (Å²) in [6.45, 7) is 6.65. The first-order chi connectivity index (χ1) is 7.75. The van der Waals surface area contributed by atoms with Gasteiger partial charge in [-0.25, -0.2) is 17.5 Å². The second kappa shape index (κ2) is 7.41. The van der Waals surface area contributed by atoms with E-state index in [1.807, 2.05) is 0 Å². The van der Waals surface area contributed by atoms with E-state index in [0.717, 1.165) is 6.26 Å². The second-order valence-electron chi connectivity index (χ2n) is 3.75. The summed E-state index contributed by atoms with van der Waals surface area (Å²) in [7, 11) is -1.61. The Hall–Kier alpha value is -0.920. The number of hydrogen-bond donors (Lipinski definition) is 1. The van der Waals surface area contributed by atoms with E-state index in [4.69, 9.17) is 4.74 Å². The smallest absolute Gasteiger partial charge is 0.333 e. The molecule has 0 fully saturated rings. The van der Waals surface area contributed by atoms with Crippen LogP contribution in [0.1, 0.15) is 6.92 Å². The molecular weight excluding hydrogens is 244 g/mol. The van der Waals surface area contributed by atoms with E-state index >= 15 is 0 Å². The number of nitrogens with zero attached hydrogens (tertiary/aromatic N) is 1. The molecule has 0 aliphatic carbocycles. The van der Waals surface area contributed by atoms with Gasteiger partial charge in [0.1, 0.15) is 6.61 Å². The Morgan fingerprint density at radius 3 is 2.47 bits per heavy atom. The number of hydrogen-bond acceptors (Lipinski definition) is 5. The SMILES string of the molecule is C=C(C)C(=O)OCCNCCN(C)S(C)(=O)=O. The Morgan fingerprint density at radius 2 is 2.00 bits per heavy atom. The largest absolute Gasteiger partial charge is 0.461 e. The zero-order valence-corrected chi connectivity index (χ0v) is 11.3. The van der Waals surface area contributed by atoms with Crippen LogP contribution >= 0.6 is 0 Å². The van der Waals surface area contributed by atoms with Crippen LogP contribution in [0.25, 0.3) is 0 Å². The second-order valence-corrected chi connectivity index (χ2v) is 5.84. The van der Waals surface area contributed by atoms with Gasteiger partial charge in [-0.1, -0.05) is 6.58 Å². The summed E-state index contributed by atoms with van der Waals surface area (Å²) in [5.41, 5.74) is 0.363. The van der Waals surface area contributed by atoms with Gasteiger partial charge < -0.3 is 10.1 Å². The molecule has 0 aromatic heterocycles. The van der Waals surface area contributed by atoms with Crippen LogP contribution in [0.15, 0.2) is 12.2 Å². The van der Waals surface area contributed by atoms with Crippen molar-refractivity contribution < 1.29 is 17.9 Å². The van der Waals surface area contributed by atoms with Crippen LogP contribution in [0.5, 0.6) is 0 Å². The molecule has 1 N–H and O–H groups in total. The minimum atomic E-state index is -3.12. The number of esters is 1. The van der Waals surface area contributed by atoms with Crippen LogP contribution in [0.3, 0.4) is 0 Å². The third-order valence-electron chi connectivity index (χ3n) is 2.03. The summed E-state index contributed by atoms with van der Waals surface area (Å²) in [6, 6.07) is 0. The molecule has 100 valence electrons. The van der Waals surface area contributed by atoms with Gasteiger partial charge in [0.15, 0.2) is 0 Å². The van der Waals surface area contributed by atoms with Gasteiger partial charge in [0.05, 0.1) is 6.26 Å². The molecule has 0 aliphatic heterocycles. The molecule has 0 bridgehead atoms. The average Bonchev–Trinajstić information content (AvgIpc) is 2.20. The molecule has 17 heavy (non-hydrogen) atoms. The van der Waals surface area contributed by atoms with Crippen LogP contribution in [-0.4, -0.2) is 58.2 Å². The highest BCUT2D eigenvalue weighted by atomic mass is 32.2. The standard InChI is InChI=1S/C10H20N2O4S/c1-9(2)10(13)16-8-6-11-5-7-12(3)17(4,14)15/h11H,1,5-8H2,2-4H3. The van der Waals surface area contributed by atoms with Gasteiger partial charge in [-0.2, -0.15) is 0 Å². The van der Waals surface area contributed by atoms with Crippen molar-refractivity contribution in [1.29, 1.82) is 0 Å². The monoisotopic (exact) mass is 264 g/mol. The fraction of sp³-hybridized carbons (Fsp3) is 0.700. The zero-order valence-electron chi connectivity index (χ0n) is 10.5. The maximum atomic E-state index is 11.0. The van der Waals surface area contributed by atoms with Crippen LogP contribution in [0.4, 0.5) is 0 Å². The number of ether oxygens (including phenoxy) is 1. The number of likely N-dealkylation sites (N-methyl/N-ethyl adjacent to an activating group) is 1. The number of carbonyl (C=O) groups excluding carboxylic acids is 1. The maximum Gasteiger partial charge on any atom is 0.333 e. The van der Waals surface area contributed by atoms with E-state index in [9.17, 15) is 13.2 Å². The highest BCUT2D eigenvalue weighted by Crippen LogP contribution is 1.91. The lowest BCUT2D eigenvalue weighted by molar-refractivity contribution is -0.138. The molecule has 0 atom stereocenters. The highest BCUT2D eigenvalue weighted by Gasteiger charge is 2.09. The molecule has 0 aromatic carbocycles. The predicted octanol–water partition coefficient (Wildman–Crippen LogP) is -0.413. The zero-order chi connectivity index (χ0) is 13.5. The molecule has 0 unspecified atom stereocenters. The molecule has 0 rings (SSSR count). The van der Waals surface area contributed by atoms with Crippen LogP contribution < -0.4 is 5.32 Å². The van der Waals surface area contributed by atoms with Gasteiger partial charge in [-0.15, -0.1) is 0 Å². The lowest BCUT2D eigenvalue weighted by Crippen LogP contribution is -2.34. The van der Waals surface area contributed by atoms with Crippen LogP contribution in [0, 0.1) is 0 Å². The first-order valence-corrected chi connectivity index (χ1v) is 7.04. The van der Waals surface area contributed by atoms with Crippen molar-refractivity contribution in [2.75, 3.05) is 39.5 Å². The first-order valence-electron chi connectivity index (χ1n) is 5.20. The maximum absolute atomic E-state index is 11.0. The molecule has 0 heterocycles. The first kappa shape index (κ1) is 16.1. The van der Waals surface area contributed by atoms with E-state index in [1.165, 1.54) is 11.4 Å². The Kier molecular flexibility index (Phi) is 7.01. The van der Waals surface area contributed by atoms with Crippen molar-refractivity contribution in [2.24, 2.45) is 0 Å². The van der Waals surface area contributed by atoms with Gasteiger partial charge in [0, 0.05) is 32.3 Å². The molecular formula is C10H20N2O4S. The van der Waals surface area contributed by atoms with E-state index in [-0.39, 0.29) is 6.61 Å². The molecule has 7 heteroatoms. The summed E-state index contributed by atoms with van der Waals surface area (Å²) in [6.07, 6.45) is 1.15. The van der Waals surface area contributed by atoms with Crippen molar-refractivity contribution >= 4 is 16.0 Å². The molecule has 0 amide bonds. The van der Waals surface area contributed by atoms with Gasteiger partial charge in [0.25, 0.3) is 0 Å². The molecule has 0 radical (unpaired) electrons. The molecule has 6 nitrogen and oxygen atoms in total. The summed E-state index contributed by atoms with van der Waals surface area (Å²) < 4.78 is 28.2. The van der Waals surface area contributed by atoms with Crippen molar-refractivity contribution in [2.45, 2.75) is 6.92 Å². The van der Waals surface area contributed by atoms with Crippen molar-refractivity contribution in [3.8, 4) is 0 Å². The van der Waals surface area contributed by atoms with E-state index < -0.39 is 16.0 Å². The summed E-state index contributed by atoms with van der Waals surface area (Å²) >= 11 is 0. The Morgan fingerprint density at radius 1 is 1.41 bits per heavy atom. The number of rotatable bonds is 8. The van der Waals surface area contributed by atoms with E-state index in [2.05, 4.69) is 11.9 Å². The van der Waals surface area contributed by atoms with Crippen LogP contribution in [0.2, 0.25) is 0 Å². The Bertz CT molecular complexity index is 365. The van der Waals surface area contributed by atoms with Crippen molar-refractivity contribution in [3.63, 3.8) is 0 Å². The van der Waals surface area contributed by atoms with E-state index in [1.54, 1.807) is 6.92 Å². The fourth-order valence-corrected chi connectivity index (χ4v) is 1.29. The van der Waals surface area contributed by atoms with E-state index in [0.29, 0.717) is 25.2 Å². The summed E-state index contributed by atoms with van der Waals surface area (Å²) in [5, 5.41) is 2.97. The van der Waals surface area contributed by atoms with Gasteiger partial charge in [0.2, 0.25) is 10.0 Å². The molecule has 0 spiro atoms. The summed E-state index contributed by atoms with van der Waals surface area (Å²) in [5.74, 6) is -0.417. The predicted molar refractivity (Wildman–Crippen MR) is 66.1 cm³/mol. The lowest BCUT2D eigenvalue weighted by Gasteiger charge is -2.14. The van der Waals surface area contributed by atoms with Gasteiger partial charge in [-0.3, -0.25) is 0 Å². The van der Waals surface area contributed by atoms with Gasteiger partial charge >= 0.3 is 5.97 Å². The third kappa shape index (κ3) is 7.89. The lowest BCUT2D eigenvalue weighted by atomic mass is 10.4. The summed E-state index contributed by atoms with van der Waals surface area (Å²) in [4.78, 5) is 11.0. The normalized spacial score (nSPS) is 11.5. The Labute approximate surface area is 103 Å². The minimum Gasteiger partial charge on any atom is -0.461 e. The van der Waals surface area contributed by atoms with Crippen molar-refractivity contribution in [3.05, 3.63) is 12.2 Å². The highest BCUT2D eigenvalue weighted by molar-refractivity contribution is 7.88. The number of nitrogens with one attached hydrogen (secondary N) is 1. The Balaban J connectivity index is 3.54. The fourth-order valence-electron chi connectivity index (χ4n) is 0.866. The third-order valence-corrected chi connectivity index (χ3v) is 3.34. The average molecular weight is 264 g/mol. The topological polar surface area (TPSA) is 75.7 Å². The molecule has 0 saturated carbocycles. The van der Waals surface area contributed by atoms with Crippen molar-refractivity contribution in [1.82, 2.24) is 9.62 Å². The van der Waals surface area contributed by atoms with Crippen LogP contribution in [-0.2, 0) is 19.6 Å². The number of sulfonamides is 1. The quantitative estimate of drug-likeness (QED) is 0.366. The number of carbonyl (C=O) groups is 1.